The van der Waals surface area contributed by atoms with Crippen molar-refractivity contribution in [3.05, 3.63) is 24.8 Å². The lowest BCUT2D eigenvalue weighted by atomic mass is 10.1. The van der Waals surface area contributed by atoms with Gasteiger partial charge in [-0.25, -0.2) is 0 Å². The van der Waals surface area contributed by atoms with E-state index in [1.54, 1.807) is 6.08 Å². The minimum Gasteiger partial charge on any atom is -0.445 e. The SMILES string of the molecule is C=CC(C#CC#CC(O)/C=C\CCCCCCC)OC(C)=O. The monoisotopic (exact) mass is 302 g/mol. The Bertz CT molecular complexity index is 468. The van der Waals surface area contributed by atoms with Crippen LogP contribution in [0.25, 0.3) is 0 Å². The van der Waals surface area contributed by atoms with Crippen LogP contribution in [0.2, 0.25) is 0 Å². The van der Waals surface area contributed by atoms with Crippen LogP contribution in [0.15, 0.2) is 24.8 Å². The van der Waals surface area contributed by atoms with E-state index in [-0.39, 0.29) is 0 Å². The maximum atomic E-state index is 10.8. The lowest BCUT2D eigenvalue weighted by Gasteiger charge is -2.03. The molecule has 0 aromatic carbocycles. The first-order chi connectivity index (χ1) is 10.6. The first-order valence-electron chi connectivity index (χ1n) is 7.75. The zero-order valence-electron chi connectivity index (χ0n) is 13.6. The van der Waals surface area contributed by atoms with Gasteiger partial charge in [0.25, 0.3) is 0 Å². The molecule has 2 atom stereocenters. The van der Waals surface area contributed by atoms with Gasteiger partial charge in [-0.3, -0.25) is 4.79 Å². The number of ether oxygens (including phenoxy) is 1. The van der Waals surface area contributed by atoms with Crippen LogP contribution >= 0.6 is 0 Å². The summed E-state index contributed by atoms with van der Waals surface area (Å²) in [6, 6.07) is 0. The molecule has 0 heterocycles. The van der Waals surface area contributed by atoms with Gasteiger partial charge < -0.3 is 9.84 Å². The van der Waals surface area contributed by atoms with Gasteiger partial charge in [0.05, 0.1) is 0 Å². The van der Waals surface area contributed by atoms with Crippen molar-refractivity contribution in [1.29, 1.82) is 0 Å². The molecule has 22 heavy (non-hydrogen) atoms. The fourth-order valence-electron chi connectivity index (χ4n) is 1.67. The Labute approximate surface area is 134 Å². The number of hydrogen-bond acceptors (Lipinski definition) is 3. The van der Waals surface area contributed by atoms with E-state index < -0.39 is 18.2 Å². The summed E-state index contributed by atoms with van der Waals surface area (Å²) in [5.41, 5.74) is 0. The van der Waals surface area contributed by atoms with Crippen molar-refractivity contribution in [2.75, 3.05) is 0 Å². The summed E-state index contributed by atoms with van der Waals surface area (Å²) in [4.78, 5) is 10.8. The Hall–Kier alpha value is -1.97. The second-order valence-corrected chi connectivity index (χ2v) is 4.88. The minimum atomic E-state index is -0.819. The second-order valence-electron chi connectivity index (χ2n) is 4.88. The molecule has 0 saturated carbocycles. The summed E-state index contributed by atoms with van der Waals surface area (Å²) in [6.07, 6.45) is 10.7. The van der Waals surface area contributed by atoms with Crippen molar-refractivity contribution >= 4 is 5.97 Å². The molecule has 2 unspecified atom stereocenters. The normalized spacial score (nSPS) is 12.5. The maximum Gasteiger partial charge on any atom is 0.304 e. The van der Waals surface area contributed by atoms with Crippen molar-refractivity contribution in [2.45, 2.75) is 64.6 Å². The Kier molecular flexibility index (Phi) is 12.7. The average molecular weight is 302 g/mol. The van der Waals surface area contributed by atoms with Crippen molar-refractivity contribution in [3.63, 3.8) is 0 Å². The highest BCUT2D eigenvalue weighted by Gasteiger charge is 2.01. The molecule has 0 aliphatic carbocycles. The van der Waals surface area contributed by atoms with Gasteiger partial charge >= 0.3 is 5.97 Å². The highest BCUT2D eigenvalue weighted by atomic mass is 16.5. The van der Waals surface area contributed by atoms with E-state index in [4.69, 9.17) is 4.74 Å². The highest BCUT2D eigenvalue weighted by molar-refractivity contribution is 5.66. The summed E-state index contributed by atoms with van der Waals surface area (Å²) >= 11 is 0. The molecule has 3 heteroatoms. The van der Waals surface area contributed by atoms with Gasteiger partial charge in [0.1, 0.15) is 6.10 Å². The predicted octanol–water partition coefficient (Wildman–Crippen LogP) is 3.39. The summed E-state index contributed by atoms with van der Waals surface area (Å²) in [5, 5.41) is 9.62. The third-order valence-electron chi connectivity index (χ3n) is 2.80. The van der Waals surface area contributed by atoms with Crippen LogP contribution in [-0.2, 0) is 9.53 Å². The van der Waals surface area contributed by atoms with Crippen LogP contribution in [0.3, 0.4) is 0 Å². The molecule has 0 amide bonds. The van der Waals surface area contributed by atoms with Crippen LogP contribution < -0.4 is 0 Å². The van der Waals surface area contributed by atoms with Crippen molar-refractivity contribution in [2.24, 2.45) is 0 Å². The molecule has 0 rings (SSSR count). The number of aliphatic hydroxyl groups excluding tert-OH is 1. The van der Waals surface area contributed by atoms with E-state index in [0.717, 1.165) is 12.8 Å². The van der Waals surface area contributed by atoms with Crippen molar-refractivity contribution < 1.29 is 14.6 Å². The number of carbonyl (C=O) groups excluding carboxylic acids is 1. The molecule has 120 valence electrons. The smallest absolute Gasteiger partial charge is 0.304 e. The summed E-state index contributed by atoms with van der Waals surface area (Å²) < 4.78 is 4.85. The third kappa shape index (κ3) is 13.0. The number of allylic oxidation sites excluding steroid dienone is 1. The van der Waals surface area contributed by atoms with E-state index in [2.05, 4.69) is 37.2 Å². The van der Waals surface area contributed by atoms with Crippen LogP contribution in [0.5, 0.6) is 0 Å². The number of hydrogen-bond donors (Lipinski definition) is 1. The van der Waals surface area contributed by atoms with Gasteiger partial charge in [0.2, 0.25) is 0 Å². The number of rotatable bonds is 9. The molecule has 0 aromatic heterocycles. The largest absolute Gasteiger partial charge is 0.445 e. The molecular formula is C19H26O3. The molecule has 0 fully saturated rings. The molecule has 0 bridgehead atoms. The quantitative estimate of drug-likeness (QED) is 0.307. The van der Waals surface area contributed by atoms with Gasteiger partial charge in [0, 0.05) is 6.92 Å². The van der Waals surface area contributed by atoms with E-state index >= 15 is 0 Å². The molecule has 3 nitrogen and oxygen atoms in total. The van der Waals surface area contributed by atoms with Gasteiger partial charge in [-0.15, -0.1) is 0 Å². The fraction of sp³-hybridized carbons (Fsp3) is 0.526. The molecule has 1 N–H and O–H groups in total. The zero-order chi connectivity index (χ0) is 16.6. The Balaban J connectivity index is 4.04. The Morgan fingerprint density at radius 1 is 1.23 bits per heavy atom. The van der Waals surface area contributed by atoms with Crippen molar-refractivity contribution in [1.82, 2.24) is 0 Å². The maximum absolute atomic E-state index is 10.8. The van der Waals surface area contributed by atoms with E-state index in [9.17, 15) is 9.90 Å². The first-order valence-corrected chi connectivity index (χ1v) is 7.75. The van der Waals surface area contributed by atoms with Crippen LogP contribution in [-0.4, -0.2) is 23.3 Å². The van der Waals surface area contributed by atoms with Gasteiger partial charge in [-0.05, 0) is 42.8 Å². The second kappa shape index (κ2) is 14.0. The van der Waals surface area contributed by atoms with Gasteiger partial charge in [0.15, 0.2) is 6.10 Å². The first kappa shape index (κ1) is 20.0. The van der Waals surface area contributed by atoms with Gasteiger partial charge in [-0.1, -0.05) is 51.2 Å². The standard InChI is InChI=1S/C19H26O3/c1-4-6-7-8-9-10-11-14-18(21)15-12-13-16-19(5-2)22-17(3)20/h5,11,14,18-19,21H,2,4,6-10H2,1,3H3/b14-11-. The lowest BCUT2D eigenvalue weighted by Crippen LogP contribution is -2.10. The van der Waals surface area contributed by atoms with Crippen molar-refractivity contribution in [3.8, 4) is 23.7 Å². The van der Waals surface area contributed by atoms with Gasteiger partial charge in [-0.2, -0.15) is 0 Å². The highest BCUT2D eigenvalue weighted by Crippen LogP contribution is 2.05. The molecule has 0 saturated heterocycles. The van der Waals surface area contributed by atoms with E-state index in [1.807, 2.05) is 6.08 Å². The number of aliphatic hydroxyl groups is 1. The Morgan fingerprint density at radius 3 is 2.55 bits per heavy atom. The van der Waals surface area contributed by atoms with E-state index in [0.29, 0.717) is 0 Å². The zero-order valence-corrected chi connectivity index (χ0v) is 13.6. The number of carbonyl (C=O) groups is 1. The van der Waals surface area contributed by atoms with Crippen LogP contribution in [0, 0.1) is 23.7 Å². The molecular weight excluding hydrogens is 276 g/mol. The van der Waals surface area contributed by atoms with Crippen LogP contribution in [0.1, 0.15) is 52.4 Å². The fourth-order valence-corrected chi connectivity index (χ4v) is 1.67. The summed E-state index contributed by atoms with van der Waals surface area (Å²) in [6.45, 7) is 7.02. The lowest BCUT2D eigenvalue weighted by molar-refractivity contribution is -0.142. The molecule has 0 radical (unpaired) electrons. The molecule has 0 spiro atoms. The third-order valence-corrected chi connectivity index (χ3v) is 2.80. The number of esters is 1. The topological polar surface area (TPSA) is 46.5 Å². The minimum absolute atomic E-state index is 0.422. The van der Waals surface area contributed by atoms with Crippen LogP contribution in [0.4, 0.5) is 0 Å². The summed E-state index contributed by atoms with van der Waals surface area (Å²) in [5.74, 6) is 9.89. The van der Waals surface area contributed by atoms with E-state index in [1.165, 1.54) is 38.7 Å². The molecule has 0 aliphatic rings. The molecule has 0 aliphatic heterocycles. The predicted molar refractivity (Wildman–Crippen MR) is 89.8 cm³/mol. The molecule has 0 aromatic rings. The average Bonchev–Trinajstić information content (AvgIpc) is 2.49. The summed E-state index contributed by atoms with van der Waals surface area (Å²) in [7, 11) is 0. The Morgan fingerprint density at radius 2 is 1.91 bits per heavy atom. The number of unbranched alkanes of at least 4 members (excludes halogenated alkanes) is 5.